The molecule has 0 fully saturated rings. The Morgan fingerprint density at radius 3 is 2.94 bits per heavy atom. The van der Waals surface area contributed by atoms with E-state index in [-0.39, 0.29) is 16.7 Å². The number of aromatic nitrogens is 5. The average molecular weight is 242 g/mol. The third kappa shape index (κ3) is 1.65. The zero-order valence-electron chi connectivity index (χ0n) is 8.31. The highest BCUT2D eigenvalue weighted by Crippen LogP contribution is 2.20. The molecule has 0 saturated carbocycles. The molecule has 8 heteroatoms. The fourth-order valence-electron chi connectivity index (χ4n) is 1.28. The van der Waals surface area contributed by atoms with Gasteiger partial charge in [-0.2, -0.15) is 5.10 Å². The molecule has 2 rings (SSSR count). The number of nitrogens with one attached hydrogen (secondary N) is 1. The fraction of sp³-hybridized carbons (Fsp3) is 0.250. The summed E-state index contributed by atoms with van der Waals surface area (Å²) in [6.45, 7) is 1.80. The summed E-state index contributed by atoms with van der Waals surface area (Å²) in [7, 11) is 0. The van der Waals surface area contributed by atoms with Gasteiger partial charge in [-0.15, -0.1) is 5.10 Å². The lowest BCUT2D eigenvalue weighted by Gasteiger charge is -2.04. The van der Waals surface area contributed by atoms with Crippen molar-refractivity contribution in [1.82, 2.24) is 25.0 Å². The van der Waals surface area contributed by atoms with Crippen LogP contribution in [0.3, 0.4) is 0 Å². The van der Waals surface area contributed by atoms with Crippen LogP contribution in [0.5, 0.6) is 5.75 Å². The van der Waals surface area contributed by atoms with Crippen molar-refractivity contribution in [3.8, 4) is 11.4 Å². The lowest BCUT2D eigenvalue weighted by Crippen LogP contribution is -2.18. The summed E-state index contributed by atoms with van der Waals surface area (Å²) in [5.74, 6) is -0.215. The van der Waals surface area contributed by atoms with E-state index in [2.05, 4.69) is 20.3 Å². The van der Waals surface area contributed by atoms with Crippen LogP contribution in [0.25, 0.3) is 5.69 Å². The molecule has 0 aliphatic heterocycles. The SMILES string of the molecule is CCc1n[nH]c(=O)c(-n2cnc(Cl)n2)c1O. The second-order valence-electron chi connectivity index (χ2n) is 3.01. The molecular weight excluding hydrogens is 234 g/mol. The normalized spacial score (nSPS) is 10.6. The van der Waals surface area contributed by atoms with Crippen molar-refractivity contribution in [3.63, 3.8) is 0 Å². The quantitative estimate of drug-likeness (QED) is 0.787. The Labute approximate surface area is 94.7 Å². The highest BCUT2D eigenvalue weighted by molar-refractivity contribution is 6.28. The number of nitrogens with zero attached hydrogens (tertiary/aromatic N) is 4. The van der Waals surface area contributed by atoms with Crippen molar-refractivity contribution in [2.24, 2.45) is 0 Å². The van der Waals surface area contributed by atoms with Gasteiger partial charge in [0.15, 0.2) is 11.4 Å². The molecule has 0 amide bonds. The lowest BCUT2D eigenvalue weighted by molar-refractivity contribution is 0.455. The van der Waals surface area contributed by atoms with Crippen molar-refractivity contribution in [2.75, 3.05) is 0 Å². The van der Waals surface area contributed by atoms with Gasteiger partial charge in [-0.3, -0.25) is 4.79 Å². The maximum Gasteiger partial charge on any atom is 0.294 e. The molecule has 2 heterocycles. The van der Waals surface area contributed by atoms with E-state index in [0.717, 1.165) is 4.68 Å². The van der Waals surface area contributed by atoms with Gasteiger partial charge in [-0.05, 0) is 18.0 Å². The van der Waals surface area contributed by atoms with Crippen LogP contribution in [0.15, 0.2) is 11.1 Å². The summed E-state index contributed by atoms with van der Waals surface area (Å²) in [4.78, 5) is 15.2. The standard InChI is InChI=1S/C8H8ClN5O2/c1-2-4-6(15)5(7(16)12-11-4)14-3-10-8(9)13-14/h3H,2H2,1H3,(H2,12,15,16). The monoisotopic (exact) mass is 241 g/mol. The molecule has 2 N–H and O–H groups in total. The Morgan fingerprint density at radius 2 is 2.38 bits per heavy atom. The van der Waals surface area contributed by atoms with E-state index < -0.39 is 5.56 Å². The second-order valence-corrected chi connectivity index (χ2v) is 3.35. The molecule has 0 radical (unpaired) electrons. The molecule has 0 aliphatic carbocycles. The number of halogens is 1. The van der Waals surface area contributed by atoms with Crippen LogP contribution in [-0.2, 0) is 6.42 Å². The first-order valence-electron chi connectivity index (χ1n) is 4.51. The third-order valence-corrected chi connectivity index (χ3v) is 2.21. The Balaban J connectivity index is 2.68. The van der Waals surface area contributed by atoms with Crippen LogP contribution in [-0.4, -0.2) is 30.1 Å². The van der Waals surface area contributed by atoms with E-state index >= 15 is 0 Å². The molecule has 0 aromatic carbocycles. The minimum atomic E-state index is -0.559. The van der Waals surface area contributed by atoms with Crippen molar-refractivity contribution in [3.05, 3.63) is 27.7 Å². The number of H-pyrrole nitrogens is 1. The van der Waals surface area contributed by atoms with Crippen molar-refractivity contribution in [1.29, 1.82) is 0 Å². The van der Waals surface area contributed by atoms with E-state index in [1.165, 1.54) is 6.33 Å². The van der Waals surface area contributed by atoms with Gasteiger partial charge in [-0.1, -0.05) is 6.92 Å². The van der Waals surface area contributed by atoms with Gasteiger partial charge in [0.25, 0.3) is 5.56 Å². The highest BCUT2D eigenvalue weighted by atomic mass is 35.5. The number of hydrogen-bond acceptors (Lipinski definition) is 5. The van der Waals surface area contributed by atoms with Crippen molar-refractivity contribution < 1.29 is 5.11 Å². The molecule has 0 unspecified atom stereocenters. The Hall–Kier alpha value is -1.89. The fourth-order valence-corrected chi connectivity index (χ4v) is 1.40. The molecule has 0 bridgehead atoms. The van der Waals surface area contributed by atoms with Gasteiger partial charge in [-0.25, -0.2) is 14.8 Å². The summed E-state index contributed by atoms with van der Waals surface area (Å²) in [6, 6.07) is 0. The minimum Gasteiger partial charge on any atom is -0.504 e. The van der Waals surface area contributed by atoms with E-state index in [1.807, 2.05) is 0 Å². The van der Waals surface area contributed by atoms with Crippen LogP contribution >= 0.6 is 11.6 Å². The summed E-state index contributed by atoms with van der Waals surface area (Å²) in [5, 5.41) is 19.5. The second kappa shape index (κ2) is 3.93. The average Bonchev–Trinajstić information content (AvgIpc) is 2.65. The number of aryl methyl sites for hydroxylation is 1. The molecule has 0 aliphatic rings. The van der Waals surface area contributed by atoms with E-state index in [1.54, 1.807) is 6.92 Å². The largest absolute Gasteiger partial charge is 0.504 e. The van der Waals surface area contributed by atoms with Gasteiger partial charge in [0, 0.05) is 0 Å². The predicted octanol–water partition coefficient (Wildman–Crippen LogP) is 0.272. The molecule has 7 nitrogen and oxygen atoms in total. The molecule has 84 valence electrons. The number of rotatable bonds is 2. The first kappa shape index (κ1) is 10.6. The van der Waals surface area contributed by atoms with Gasteiger partial charge < -0.3 is 5.11 Å². The molecule has 2 aromatic heterocycles. The summed E-state index contributed by atoms with van der Waals surface area (Å²) in [5.41, 5.74) is -0.219. The lowest BCUT2D eigenvalue weighted by atomic mass is 10.2. The first-order chi connectivity index (χ1) is 7.63. The maximum absolute atomic E-state index is 11.5. The zero-order valence-corrected chi connectivity index (χ0v) is 9.06. The number of aromatic amines is 1. The van der Waals surface area contributed by atoms with Crippen LogP contribution in [0.2, 0.25) is 5.28 Å². The van der Waals surface area contributed by atoms with E-state index in [0.29, 0.717) is 12.1 Å². The van der Waals surface area contributed by atoms with Gasteiger partial charge in [0.05, 0.1) is 0 Å². The number of aromatic hydroxyl groups is 1. The predicted molar refractivity (Wildman–Crippen MR) is 55.8 cm³/mol. The van der Waals surface area contributed by atoms with E-state index in [9.17, 15) is 9.90 Å². The molecule has 0 saturated heterocycles. The van der Waals surface area contributed by atoms with Crippen molar-refractivity contribution in [2.45, 2.75) is 13.3 Å². The molecule has 16 heavy (non-hydrogen) atoms. The van der Waals surface area contributed by atoms with Crippen LogP contribution in [0.1, 0.15) is 12.6 Å². The zero-order chi connectivity index (χ0) is 11.7. The van der Waals surface area contributed by atoms with Crippen LogP contribution in [0.4, 0.5) is 0 Å². The first-order valence-corrected chi connectivity index (χ1v) is 4.89. The summed E-state index contributed by atoms with van der Waals surface area (Å²) in [6.07, 6.45) is 1.73. The highest BCUT2D eigenvalue weighted by Gasteiger charge is 2.15. The molecular formula is C8H8ClN5O2. The summed E-state index contributed by atoms with van der Waals surface area (Å²) < 4.78 is 1.11. The third-order valence-electron chi connectivity index (χ3n) is 2.03. The Morgan fingerprint density at radius 1 is 1.62 bits per heavy atom. The molecule has 2 aromatic rings. The topological polar surface area (TPSA) is 96.7 Å². The maximum atomic E-state index is 11.5. The van der Waals surface area contributed by atoms with Gasteiger partial charge in [0.2, 0.25) is 5.28 Å². The minimum absolute atomic E-state index is 0.00587. The molecule has 0 spiro atoms. The smallest absolute Gasteiger partial charge is 0.294 e. The van der Waals surface area contributed by atoms with Gasteiger partial charge in [0.1, 0.15) is 12.0 Å². The van der Waals surface area contributed by atoms with Crippen LogP contribution in [0, 0.1) is 0 Å². The molecule has 0 atom stereocenters. The van der Waals surface area contributed by atoms with E-state index in [4.69, 9.17) is 11.6 Å². The number of hydrogen-bond donors (Lipinski definition) is 2. The Bertz CT molecular complexity index is 576. The summed E-state index contributed by atoms with van der Waals surface area (Å²) >= 11 is 5.54. The van der Waals surface area contributed by atoms with Crippen molar-refractivity contribution >= 4 is 11.6 Å². The van der Waals surface area contributed by atoms with Crippen LogP contribution < -0.4 is 5.56 Å². The van der Waals surface area contributed by atoms with Gasteiger partial charge >= 0.3 is 0 Å². The Kier molecular flexibility index (Phi) is 2.61.